The van der Waals surface area contributed by atoms with Crippen LogP contribution >= 0.6 is 0 Å². The highest BCUT2D eigenvalue weighted by Crippen LogP contribution is 2.30. The van der Waals surface area contributed by atoms with Gasteiger partial charge in [0, 0.05) is 23.7 Å². The molecule has 1 unspecified atom stereocenters. The van der Waals surface area contributed by atoms with Crippen molar-refractivity contribution in [2.75, 3.05) is 26.7 Å². The first-order chi connectivity index (χ1) is 12.1. The first-order valence-electron chi connectivity index (χ1n) is 8.86. The van der Waals surface area contributed by atoms with Crippen LogP contribution in [-0.2, 0) is 0 Å². The number of likely N-dealkylation sites (N-methyl/N-ethyl adjacent to an activating group) is 1. The second kappa shape index (κ2) is 9.23. The molecule has 4 heteroatoms. The summed E-state index contributed by atoms with van der Waals surface area (Å²) in [5.41, 5.74) is 2.60. The zero-order chi connectivity index (χ0) is 18.2. The first-order valence-corrected chi connectivity index (χ1v) is 8.86. The maximum atomic E-state index is 12.6. The van der Waals surface area contributed by atoms with Crippen LogP contribution in [0.15, 0.2) is 48.5 Å². The van der Waals surface area contributed by atoms with Crippen molar-refractivity contribution in [1.82, 2.24) is 10.2 Å². The minimum atomic E-state index is -0.0566. The molecule has 0 aliphatic carbocycles. The predicted molar refractivity (Wildman–Crippen MR) is 103 cm³/mol. The molecule has 1 N–H and O–H groups in total. The highest BCUT2D eigenvalue weighted by atomic mass is 16.5. The second-order valence-corrected chi connectivity index (χ2v) is 6.06. The van der Waals surface area contributed by atoms with Crippen LogP contribution in [0.2, 0.25) is 0 Å². The number of rotatable bonds is 8. The Bertz CT molecular complexity index is 682. The number of nitrogens with zero attached hydrogens (tertiary/aromatic N) is 1. The van der Waals surface area contributed by atoms with Crippen LogP contribution in [0.5, 0.6) is 5.75 Å². The largest absolute Gasteiger partial charge is 0.496 e. The molecule has 0 saturated carbocycles. The summed E-state index contributed by atoms with van der Waals surface area (Å²) < 4.78 is 5.45. The van der Waals surface area contributed by atoms with E-state index in [1.165, 1.54) is 0 Å². The zero-order valence-electron chi connectivity index (χ0n) is 15.6. The van der Waals surface area contributed by atoms with Gasteiger partial charge in [0.2, 0.25) is 0 Å². The number of methoxy groups -OCH3 is 1. The van der Waals surface area contributed by atoms with Gasteiger partial charge in [0.05, 0.1) is 7.11 Å². The Morgan fingerprint density at radius 1 is 1.12 bits per heavy atom. The highest BCUT2D eigenvalue weighted by molar-refractivity contribution is 5.96. The van der Waals surface area contributed by atoms with Crippen molar-refractivity contribution in [2.24, 2.45) is 0 Å². The number of carbonyl (C=O) groups is 1. The lowest BCUT2D eigenvalue weighted by Gasteiger charge is -2.26. The van der Waals surface area contributed by atoms with Crippen molar-refractivity contribution in [2.45, 2.75) is 26.8 Å². The van der Waals surface area contributed by atoms with E-state index in [0.29, 0.717) is 18.2 Å². The Balaban J connectivity index is 2.15. The summed E-state index contributed by atoms with van der Waals surface area (Å²) in [4.78, 5) is 14.9. The van der Waals surface area contributed by atoms with Crippen molar-refractivity contribution in [1.29, 1.82) is 0 Å². The molecule has 0 spiro atoms. The van der Waals surface area contributed by atoms with E-state index in [2.05, 4.69) is 31.0 Å². The zero-order valence-corrected chi connectivity index (χ0v) is 15.6. The first kappa shape index (κ1) is 19.0. The van der Waals surface area contributed by atoms with E-state index in [1.807, 2.05) is 48.5 Å². The van der Waals surface area contributed by atoms with Crippen molar-refractivity contribution in [3.8, 4) is 16.9 Å². The second-order valence-electron chi connectivity index (χ2n) is 6.06. The molecule has 1 atom stereocenters. The molecule has 0 aliphatic rings. The maximum Gasteiger partial charge on any atom is 0.251 e. The van der Waals surface area contributed by atoms with Gasteiger partial charge in [-0.15, -0.1) is 0 Å². The molecule has 2 aromatic rings. The Kier molecular flexibility index (Phi) is 7.02. The van der Waals surface area contributed by atoms with Gasteiger partial charge in [0.15, 0.2) is 0 Å². The molecule has 0 heterocycles. The van der Waals surface area contributed by atoms with Gasteiger partial charge < -0.3 is 10.1 Å². The number of hydrogen-bond acceptors (Lipinski definition) is 3. The van der Waals surface area contributed by atoms with E-state index in [0.717, 1.165) is 30.0 Å². The average molecular weight is 340 g/mol. The lowest BCUT2D eigenvalue weighted by Crippen LogP contribution is -2.42. The lowest BCUT2D eigenvalue weighted by molar-refractivity contribution is 0.0938. The van der Waals surface area contributed by atoms with Crippen LogP contribution in [0.4, 0.5) is 0 Å². The number of nitrogens with one attached hydrogen (secondary N) is 1. The summed E-state index contributed by atoms with van der Waals surface area (Å²) in [6, 6.07) is 15.8. The number of carbonyl (C=O) groups excluding carboxylic acids is 1. The third-order valence-corrected chi connectivity index (χ3v) is 4.54. The third kappa shape index (κ3) is 4.83. The van der Waals surface area contributed by atoms with E-state index >= 15 is 0 Å². The molecule has 0 saturated heterocycles. The van der Waals surface area contributed by atoms with E-state index in [4.69, 9.17) is 4.74 Å². The van der Waals surface area contributed by atoms with Gasteiger partial charge in [0.25, 0.3) is 5.91 Å². The number of benzene rings is 2. The normalized spacial score (nSPS) is 12.0. The molecule has 4 nitrogen and oxygen atoms in total. The molecule has 2 aromatic carbocycles. The number of hydrogen-bond donors (Lipinski definition) is 1. The van der Waals surface area contributed by atoms with Crippen LogP contribution in [0.1, 0.15) is 31.1 Å². The van der Waals surface area contributed by atoms with Crippen molar-refractivity contribution >= 4 is 5.91 Å². The quantitative estimate of drug-likeness (QED) is 0.794. The molecular weight excluding hydrogens is 312 g/mol. The number of amides is 1. The van der Waals surface area contributed by atoms with Crippen molar-refractivity contribution in [3.63, 3.8) is 0 Å². The average Bonchev–Trinajstić information content (AvgIpc) is 2.67. The van der Waals surface area contributed by atoms with E-state index in [-0.39, 0.29) is 5.91 Å². The van der Waals surface area contributed by atoms with Gasteiger partial charge in [0.1, 0.15) is 5.75 Å². The smallest absolute Gasteiger partial charge is 0.251 e. The summed E-state index contributed by atoms with van der Waals surface area (Å²) in [7, 11) is 1.65. The van der Waals surface area contributed by atoms with E-state index < -0.39 is 0 Å². The molecule has 0 fully saturated rings. The van der Waals surface area contributed by atoms with Gasteiger partial charge in [-0.3, -0.25) is 9.69 Å². The third-order valence-electron chi connectivity index (χ3n) is 4.54. The highest BCUT2D eigenvalue weighted by Gasteiger charge is 2.14. The Labute approximate surface area is 150 Å². The van der Waals surface area contributed by atoms with Crippen LogP contribution < -0.4 is 10.1 Å². The SMILES string of the molecule is CCN(CC)C(C)CNC(=O)c1ccc(OC)c(-c2ccccc2)c1. The van der Waals surface area contributed by atoms with Crippen LogP contribution in [-0.4, -0.2) is 43.6 Å². The molecule has 25 heavy (non-hydrogen) atoms. The van der Waals surface area contributed by atoms with Crippen molar-refractivity contribution < 1.29 is 9.53 Å². The van der Waals surface area contributed by atoms with Gasteiger partial charge in [-0.2, -0.15) is 0 Å². The Morgan fingerprint density at radius 2 is 1.80 bits per heavy atom. The summed E-state index contributed by atoms with van der Waals surface area (Å²) in [6.07, 6.45) is 0. The standard InChI is InChI=1S/C21H28N2O2/c1-5-23(6-2)16(3)15-22-21(24)18-12-13-20(25-4)19(14-18)17-10-8-7-9-11-17/h7-14,16H,5-6,15H2,1-4H3,(H,22,24). The fourth-order valence-electron chi connectivity index (χ4n) is 3.01. The van der Waals surface area contributed by atoms with Crippen LogP contribution in [0.25, 0.3) is 11.1 Å². The topological polar surface area (TPSA) is 41.6 Å². The van der Waals surface area contributed by atoms with Crippen molar-refractivity contribution in [3.05, 3.63) is 54.1 Å². The van der Waals surface area contributed by atoms with Gasteiger partial charge >= 0.3 is 0 Å². The monoisotopic (exact) mass is 340 g/mol. The summed E-state index contributed by atoms with van der Waals surface area (Å²) in [6.45, 7) is 9.00. The predicted octanol–water partition coefficient (Wildman–Crippen LogP) is 3.82. The summed E-state index contributed by atoms with van der Waals surface area (Å²) in [5, 5.41) is 3.04. The summed E-state index contributed by atoms with van der Waals surface area (Å²) >= 11 is 0. The molecule has 0 radical (unpaired) electrons. The Morgan fingerprint density at radius 3 is 2.40 bits per heavy atom. The fourth-order valence-corrected chi connectivity index (χ4v) is 3.01. The molecule has 1 amide bonds. The molecule has 0 bridgehead atoms. The molecule has 0 aromatic heterocycles. The minimum absolute atomic E-state index is 0.0566. The molecule has 0 aliphatic heterocycles. The fraction of sp³-hybridized carbons (Fsp3) is 0.381. The molecule has 2 rings (SSSR count). The van der Waals surface area contributed by atoms with Gasteiger partial charge in [-0.1, -0.05) is 44.2 Å². The minimum Gasteiger partial charge on any atom is -0.496 e. The molecular formula is C21H28N2O2. The van der Waals surface area contributed by atoms with Crippen LogP contribution in [0.3, 0.4) is 0 Å². The van der Waals surface area contributed by atoms with E-state index in [1.54, 1.807) is 7.11 Å². The van der Waals surface area contributed by atoms with Gasteiger partial charge in [-0.25, -0.2) is 0 Å². The summed E-state index contributed by atoms with van der Waals surface area (Å²) in [5.74, 6) is 0.707. The maximum absolute atomic E-state index is 12.6. The lowest BCUT2D eigenvalue weighted by atomic mass is 10.0. The van der Waals surface area contributed by atoms with Gasteiger partial charge in [-0.05, 0) is 43.8 Å². The Hall–Kier alpha value is -2.33. The molecule has 134 valence electrons. The number of ether oxygens (including phenoxy) is 1. The van der Waals surface area contributed by atoms with E-state index in [9.17, 15) is 4.79 Å². The van der Waals surface area contributed by atoms with Crippen LogP contribution in [0, 0.1) is 0 Å².